The highest BCUT2D eigenvalue weighted by molar-refractivity contribution is 5.51. The Balaban J connectivity index is 2.42. The molecular formula is C9H12N4O. The summed E-state index contributed by atoms with van der Waals surface area (Å²) in [5, 5.41) is 17.5. The zero-order valence-electron chi connectivity index (χ0n) is 7.67. The quantitative estimate of drug-likeness (QED) is 0.723. The van der Waals surface area contributed by atoms with Crippen LogP contribution in [0.4, 0.5) is 0 Å². The van der Waals surface area contributed by atoms with Crippen LogP contribution in [-0.2, 0) is 0 Å². The summed E-state index contributed by atoms with van der Waals surface area (Å²) < 4.78 is 1.63. The molecule has 0 amide bonds. The summed E-state index contributed by atoms with van der Waals surface area (Å²) in [5.41, 5.74) is 6.79. The van der Waals surface area contributed by atoms with Gasteiger partial charge in [0.15, 0.2) is 0 Å². The summed E-state index contributed by atoms with van der Waals surface area (Å²) >= 11 is 0. The van der Waals surface area contributed by atoms with E-state index in [-0.39, 0.29) is 0 Å². The Kier molecular flexibility index (Phi) is 2.43. The predicted molar refractivity (Wildman–Crippen MR) is 51.6 cm³/mol. The minimum atomic E-state index is -0.625. The molecule has 14 heavy (non-hydrogen) atoms. The van der Waals surface area contributed by atoms with Crippen molar-refractivity contribution >= 4 is 5.52 Å². The predicted octanol–water partition coefficient (Wildman–Crippen LogP) is 0.111. The number of nitrogens with zero attached hydrogens (tertiary/aromatic N) is 3. The Hall–Kier alpha value is -1.46. The van der Waals surface area contributed by atoms with E-state index in [0.717, 1.165) is 5.52 Å². The molecule has 3 N–H and O–H groups in total. The first-order valence-electron chi connectivity index (χ1n) is 4.51. The number of nitrogens with two attached hydrogens (primary N) is 1. The third-order valence-corrected chi connectivity index (χ3v) is 2.11. The van der Waals surface area contributed by atoms with E-state index < -0.39 is 6.10 Å². The molecule has 74 valence electrons. The van der Waals surface area contributed by atoms with Gasteiger partial charge in [-0.3, -0.25) is 0 Å². The average Bonchev–Trinajstić information content (AvgIpc) is 2.61. The summed E-state index contributed by atoms with van der Waals surface area (Å²) in [5.74, 6) is 0. The first-order chi connectivity index (χ1) is 6.83. The highest BCUT2D eigenvalue weighted by atomic mass is 16.3. The highest BCUT2D eigenvalue weighted by Gasteiger charge is 2.13. The lowest BCUT2D eigenvalue weighted by Crippen LogP contribution is -2.07. The van der Waals surface area contributed by atoms with E-state index in [9.17, 15) is 5.11 Å². The minimum absolute atomic E-state index is 0.438. The van der Waals surface area contributed by atoms with Crippen LogP contribution in [0.25, 0.3) is 5.52 Å². The number of aromatic nitrogens is 3. The second-order valence-corrected chi connectivity index (χ2v) is 3.10. The zero-order valence-corrected chi connectivity index (χ0v) is 7.67. The van der Waals surface area contributed by atoms with Crippen molar-refractivity contribution in [3.63, 3.8) is 0 Å². The van der Waals surface area contributed by atoms with Crippen molar-refractivity contribution in [2.45, 2.75) is 12.5 Å². The van der Waals surface area contributed by atoms with Crippen LogP contribution in [0.5, 0.6) is 0 Å². The molecule has 1 unspecified atom stereocenters. The molecule has 0 saturated heterocycles. The van der Waals surface area contributed by atoms with E-state index in [4.69, 9.17) is 5.73 Å². The van der Waals surface area contributed by atoms with Crippen LogP contribution in [0.2, 0.25) is 0 Å². The number of hydrogen-bond acceptors (Lipinski definition) is 4. The smallest absolute Gasteiger partial charge is 0.119 e. The van der Waals surface area contributed by atoms with Gasteiger partial charge in [-0.2, -0.15) is 0 Å². The van der Waals surface area contributed by atoms with Crippen LogP contribution in [0.1, 0.15) is 18.2 Å². The monoisotopic (exact) mass is 192 g/mol. The van der Waals surface area contributed by atoms with Crippen molar-refractivity contribution in [3.05, 3.63) is 30.1 Å². The van der Waals surface area contributed by atoms with Crippen molar-refractivity contribution in [2.24, 2.45) is 5.73 Å². The standard InChI is InChI=1S/C9H12N4O/c10-5-4-8(14)9-7-3-1-2-6-13(7)12-11-9/h1-3,6,8,14H,4-5,10H2. The number of pyridine rings is 1. The van der Waals surface area contributed by atoms with Crippen molar-refractivity contribution in [3.8, 4) is 0 Å². The first kappa shape index (κ1) is 9.11. The number of hydrogen-bond donors (Lipinski definition) is 2. The van der Waals surface area contributed by atoms with Gasteiger partial charge in [0, 0.05) is 6.20 Å². The molecule has 0 bridgehead atoms. The van der Waals surface area contributed by atoms with Gasteiger partial charge in [0.1, 0.15) is 11.8 Å². The van der Waals surface area contributed by atoms with Crippen LogP contribution in [0, 0.1) is 0 Å². The third-order valence-electron chi connectivity index (χ3n) is 2.11. The van der Waals surface area contributed by atoms with E-state index in [1.165, 1.54) is 0 Å². The molecule has 0 saturated carbocycles. The topological polar surface area (TPSA) is 76.4 Å². The van der Waals surface area contributed by atoms with E-state index in [0.29, 0.717) is 18.7 Å². The van der Waals surface area contributed by atoms with Crippen molar-refractivity contribution in [2.75, 3.05) is 6.54 Å². The maximum absolute atomic E-state index is 9.71. The number of aliphatic hydroxyl groups excluding tert-OH is 1. The number of rotatable bonds is 3. The normalized spacial score (nSPS) is 13.3. The molecule has 5 nitrogen and oxygen atoms in total. The molecule has 0 aliphatic rings. The van der Waals surface area contributed by atoms with Gasteiger partial charge in [-0.25, -0.2) is 4.52 Å². The molecule has 0 aliphatic heterocycles. The fraction of sp³-hybridized carbons (Fsp3) is 0.333. The largest absolute Gasteiger partial charge is 0.387 e. The van der Waals surface area contributed by atoms with Gasteiger partial charge in [-0.15, -0.1) is 5.10 Å². The van der Waals surface area contributed by atoms with E-state index in [1.807, 2.05) is 18.2 Å². The molecule has 1 atom stereocenters. The van der Waals surface area contributed by atoms with Gasteiger partial charge in [-0.1, -0.05) is 11.3 Å². The summed E-state index contributed by atoms with van der Waals surface area (Å²) in [6.07, 6.45) is 1.67. The molecule has 2 aromatic rings. The summed E-state index contributed by atoms with van der Waals surface area (Å²) in [4.78, 5) is 0. The number of fused-ring (bicyclic) bond motifs is 1. The van der Waals surface area contributed by atoms with Crippen molar-refractivity contribution in [1.82, 2.24) is 14.8 Å². The van der Waals surface area contributed by atoms with Gasteiger partial charge < -0.3 is 10.8 Å². The second kappa shape index (κ2) is 3.73. The highest BCUT2D eigenvalue weighted by Crippen LogP contribution is 2.18. The molecule has 0 fully saturated rings. The lowest BCUT2D eigenvalue weighted by Gasteiger charge is -2.04. The molecule has 2 rings (SSSR count). The lowest BCUT2D eigenvalue weighted by atomic mass is 10.1. The van der Waals surface area contributed by atoms with Crippen LogP contribution in [0.15, 0.2) is 24.4 Å². The second-order valence-electron chi connectivity index (χ2n) is 3.10. The zero-order chi connectivity index (χ0) is 9.97. The molecule has 0 aliphatic carbocycles. The van der Waals surface area contributed by atoms with Crippen LogP contribution in [-0.4, -0.2) is 26.5 Å². The Morgan fingerprint density at radius 2 is 2.36 bits per heavy atom. The van der Waals surface area contributed by atoms with Crippen molar-refractivity contribution < 1.29 is 5.11 Å². The van der Waals surface area contributed by atoms with Gasteiger partial charge in [-0.05, 0) is 25.1 Å². The number of aliphatic hydroxyl groups is 1. The summed E-state index contributed by atoms with van der Waals surface area (Å²) in [6.45, 7) is 0.438. The Morgan fingerprint density at radius 3 is 3.14 bits per heavy atom. The third kappa shape index (κ3) is 1.47. The van der Waals surface area contributed by atoms with E-state index in [2.05, 4.69) is 10.3 Å². The van der Waals surface area contributed by atoms with Crippen molar-refractivity contribution in [1.29, 1.82) is 0 Å². The van der Waals surface area contributed by atoms with Crippen LogP contribution in [0.3, 0.4) is 0 Å². The first-order valence-corrected chi connectivity index (χ1v) is 4.51. The van der Waals surface area contributed by atoms with E-state index >= 15 is 0 Å². The molecule has 0 radical (unpaired) electrons. The Bertz CT molecular complexity index is 425. The Labute approximate surface area is 81.2 Å². The van der Waals surface area contributed by atoms with Gasteiger partial charge in [0.05, 0.1) is 5.52 Å². The summed E-state index contributed by atoms with van der Waals surface area (Å²) in [6, 6.07) is 5.62. The molecule has 5 heteroatoms. The summed E-state index contributed by atoms with van der Waals surface area (Å²) in [7, 11) is 0. The van der Waals surface area contributed by atoms with Gasteiger partial charge in [0.25, 0.3) is 0 Å². The molecule has 0 aromatic carbocycles. The average molecular weight is 192 g/mol. The SMILES string of the molecule is NCCC(O)c1nnn2ccccc12. The maximum Gasteiger partial charge on any atom is 0.119 e. The minimum Gasteiger partial charge on any atom is -0.387 e. The maximum atomic E-state index is 9.71. The van der Waals surface area contributed by atoms with E-state index in [1.54, 1.807) is 10.7 Å². The fourth-order valence-corrected chi connectivity index (χ4v) is 1.39. The Morgan fingerprint density at radius 1 is 1.50 bits per heavy atom. The fourth-order valence-electron chi connectivity index (χ4n) is 1.39. The van der Waals surface area contributed by atoms with Crippen LogP contribution >= 0.6 is 0 Å². The van der Waals surface area contributed by atoms with Gasteiger partial charge in [0.2, 0.25) is 0 Å². The van der Waals surface area contributed by atoms with Gasteiger partial charge >= 0.3 is 0 Å². The molecule has 0 spiro atoms. The molecule has 2 aromatic heterocycles. The lowest BCUT2D eigenvalue weighted by molar-refractivity contribution is 0.167. The molecule has 2 heterocycles. The van der Waals surface area contributed by atoms with Crippen LogP contribution < -0.4 is 5.73 Å². The molecular weight excluding hydrogens is 180 g/mol.